The highest BCUT2D eigenvalue weighted by molar-refractivity contribution is 7.99. The molecule has 0 bridgehead atoms. The van der Waals surface area contributed by atoms with Crippen LogP contribution in [0, 0.1) is 6.92 Å². The fourth-order valence-corrected chi connectivity index (χ4v) is 6.96. The molecule has 6 rings (SSSR count). The van der Waals surface area contributed by atoms with Gasteiger partial charge in [0.2, 0.25) is 5.91 Å². The van der Waals surface area contributed by atoms with Gasteiger partial charge in [0, 0.05) is 16.7 Å². The van der Waals surface area contributed by atoms with E-state index in [-0.39, 0.29) is 22.6 Å². The van der Waals surface area contributed by atoms with Gasteiger partial charge in [-0.2, -0.15) is 0 Å². The zero-order chi connectivity index (χ0) is 26.1. The monoisotopic (exact) mass is 521 g/mol. The molecule has 1 fully saturated rings. The molecule has 1 saturated carbocycles. The van der Waals surface area contributed by atoms with Gasteiger partial charge in [0.1, 0.15) is 0 Å². The van der Waals surface area contributed by atoms with Crippen molar-refractivity contribution < 1.29 is 4.79 Å². The summed E-state index contributed by atoms with van der Waals surface area (Å²) < 4.78 is 1.76. The van der Waals surface area contributed by atoms with Gasteiger partial charge in [0.15, 0.2) is 5.16 Å². The number of anilines is 1. The van der Waals surface area contributed by atoms with Crippen LogP contribution >= 0.6 is 11.8 Å². The Kier molecular flexibility index (Phi) is 6.66. The van der Waals surface area contributed by atoms with Crippen molar-refractivity contribution in [2.75, 3.05) is 11.1 Å². The SMILES string of the molecule is Cc1ccccc1-n1c(SCC(=O)Nc2ccccc2)nc2c(c1=O)C1(CCCCC1)Cc1ccccc1-2. The molecule has 1 spiro atoms. The van der Waals surface area contributed by atoms with Crippen LogP contribution in [0.3, 0.4) is 0 Å². The smallest absolute Gasteiger partial charge is 0.263 e. The van der Waals surface area contributed by atoms with Crippen molar-refractivity contribution >= 4 is 23.4 Å². The fourth-order valence-electron chi connectivity index (χ4n) is 6.16. The first-order valence-corrected chi connectivity index (χ1v) is 14.3. The molecule has 0 radical (unpaired) electrons. The van der Waals surface area contributed by atoms with Crippen molar-refractivity contribution in [3.63, 3.8) is 0 Å². The molecule has 1 aromatic heterocycles. The van der Waals surface area contributed by atoms with Crippen LogP contribution in [0.2, 0.25) is 0 Å². The largest absolute Gasteiger partial charge is 0.325 e. The van der Waals surface area contributed by atoms with Crippen molar-refractivity contribution in [3.8, 4) is 16.9 Å². The third kappa shape index (κ3) is 4.47. The van der Waals surface area contributed by atoms with Gasteiger partial charge >= 0.3 is 0 Å². The summed E-state index contributed by atoms with van der Waals surface area (Å²) in [5.74, 6) is 0.0207. The summed E-state index contributed by atoms with van der Waals surface area (Å²) in [5, 5.41) is 3.50. The van der Waals surface area contributed by atoms with Crippen LogP contribution in [0.15, 0.2) is 88.8 Å². The number of carbonyl (C=O) groups is 1. The van der Waals surface area contributed by atoms with Crippen LogP contribution in [-0.2, 0) is 16.6 Å². The molecule has 2 aliphatic rings. The van der Waals surface area contributed by atoms with E-state index in [4.69, 9.17) is 4.98 Å². The maximum atomic E-state index is 14.6. The summed E-state index contributed by atoms with van der Waals surface area (Å²) in [5.41, 5.74) is 6.36. The normalized spacial score (nSPS) is 15.5. The lowest BCUT2D eigenvalue weighted by atomic mass is 9.62. The van der Waals surface area contributed by atoms with Crippen molar-refractivity contribution in [3.05, 3.63) is 106 Å². The minimum absolute atomic E-state index is 0.00618. The molecular formula is C32H31N3O2S. The highest BCUT2D eigenvalue weighted by Crippen LogP contribution is 2.49. The van der Waals surface area contributed by atoms with Crippen molar-refractivity contribution in [1.29, 1.82) is 0 Å². The van der Waals surface area contributed by atoms with Crippen LogP contribution in [0.25, 0.3) is 16.9 Å². The molecule has 4 aromatic rings. The van der Waals surface area contributed by atoms with E-state index in [1.165, 1.54) is 23.7 Å². The Balaban J connectivity index is 1.50. The lowest BCUT2D eigenvalue weighted by molar-refractivity contribution is -0.113. The molecule has 0 aliphatic heterocycles. The van der Waals surface area contributed by atoms with Gasteiger partial charge in [-0.1, -0.05) is 91.7 Å². The van der Waals surface area contributed by atoms with Crippen molar-refractivity contribution in [2.45, 2.75) is 56.0 Å². The minimum Gasteiger partial charge on any atom is -0.325 e. The second kappa shape index (κ2) is 10.3. The average Bonchev–Trinajstić information content (AvgIpc) is 2.93. The van der Waals surface area contributed by atoms with Crippen molar-refractivity contribution in [2.24, 2.45) is 0 Å². The molecule has 0 atom stereocenters. The lowest BCUT2D eigenvalue weighted by Crippen LogP contribution is -2.43. The molecule has 2 aliphatic carbocycles. The highest BCUT2D eigenvalue weighted by atomic mass is 32.2. The first-order chi connectivity index (χ1) is 18.6. The number of benzene rings is 3. The number of para-hydroxylation sites is 2. The number of amides is 1. The molecule has 3 aromatic carbocycles. The zero-order valence-corrected chi connectivity index (χ0v) is 22.4. The first-order valence-electron chi connectivity index (χ1n) is 13.4. The fraction of sp³-hybridized carbons (Fsp3) is 0.281. The molecule has 0 saturated heterocycles. The average molecular weight is 522 g/mol. The summed E-state index contributed by atoms with van der Waals surface area (Å²) in [6, 6.07) is 25.7. The third-order valence-corrected chi connectivity index (χ3v) is 8.88. The maximum absolute atomic E-state index is 14.6. The predicted octanol–water partition coefficient (Wildman–Crippen LogP) is 6.70. The number of hydrogen-bond donors (Lipinski definition) is 1. The Morgan fingerprint density at radius 1 is 0.947 bits per heavy atom. The quantitative estimate of drug-likeness (QED) is 0.235. The van der Waals surface area contributed by atoms with Crippen LogP contribution in [0.1, 0.15) is 48.8 Å². The Morgan fingerprint density at radius 3 is 2.45 bits per heavy atom. The summed E-state index contributed by atoms with van der Waals surface area (Å²) in [4.78, 5) is 32.7. The van der Waals surface area contributed by atoms with Crippen LogP contribution in [0.4, 0.5) is 5.69 Å². The topological polar surface area (TPSA) is 64.0 Å². The van der Waals surface area contributed by atoms with E-state index in [0.717, 1.165) is 65.9 Å². The van der Waals surface area contributed by atoms with Crippen molar-refractivity contribution in [1.82, 2.24) is 9.55 Å². The van der Waals surface area contributed by atoms with Crippen LogP contribution < -0.4 is 10.9 Å². The lowest BCUT2D eigenvalue weighted by Gasteiger charge is -2.42. The molecule has 38 heavy (non-hydrogen) atoms. The molecular weight excluding hydrogens is 490 g/mol. The van der Waals surface area contributed by atoms with E-state index >= 15 is 0 Å². The number of thioether (sulfide) groups is 1. The first kappa shape index (κ1) is 24.7. The van der Waals surface area contributed by atoms with Gasteiger partial charge < -0.3 is 5.32 Å². The Morgan fingerprint density at radius 2 is 1.66 bits per heavy atom. The van der Waals surface area contributed by atoms with Gasteiger partial charge in [-0.15, -0.1) is 0 Å². The Hall–Kier alpha value is -3.64. The molecule has 1 heterocycles. The number of hydrogen-bond acceptors (Lipinski definition) is 4. The number of rotatable bonds is 5. The van der Waals surface area contributed by atoms with Gasteiger partial charge in [-0.25, -0.2) is 4.98 Å². The number of nitrogens with one attached hydrogen (secondary N) is 1. The van der Waals surface area contributed by atoms with Gasteiger partial charge in [-0.05, 0) is 55.5 Å². The molecule has 5 nitrogen and oxygen atoms in total. The number of aryl methyl sites for hydroxylation is 1. The van der Waals surface area contributed by atoms with Crippen LogP contribution in [-0.4, -0.2) is 21.2 Å². The highest BCUT2D eigenvalue weighted by Gasteiger charge is 2.43. The van der Waals surface area contributed by atoms with E-state index in [2.05, 4.69) is 23.5 Å². The standard InChI is InChI=1S/C32H31N3O2S/c1-22-12-6-9-17-26(22)35-30(37)28-29(34-31(35)38-21-27(36)33-24-14-4-2-5-15-24)25-16-8-7-13-23(25)20-32(28)18-10-3-11-19-32/h2,4-9,12-17H,3,10-11,18-21H2,1H3,(H,33,36). The maximum Gasteiger partial charge on any atom is 0.263 e. The van der Waals surface area contributed by atoms with E-state index in [1.54, 1.807) is 4.57 Å². The van der Waals surface area contributed by atoms with E-state index in [0.29, 0.717) is 5.16 Å². The molecule has 6 heteroatoms. The summed E-state index contributed by atoms with van der Waals surface area (Å²) in [7, 11) is 0. The molecule has 1 N–H and O–H groups in total. The summed E-state index contributed by atoms with van der Waals surface area (Å²) >= 11 is 1.31. The Bertz CT molecular complexity index is 1550. The Labute approximate surface area is 227 Å². The number of fused-ring (bicyclic) bond motifs is 4. The van der Waals surface area contributed by atoms with E-state index < -0.39 is 0 Å². The minimum atomic E-state index is -0.190. The molecule has 192 valence electrons. The summed E-state index contributed by atoms with van der Waals surface area (Å²) in [6.07, 6.45) is 6.36. The number of carbonyl (C=O) groups excluding carboxylic acids is 1. The number of nitrogens with zero attached hydrogens (tertiary/aromatic N) is 2. The van der Waals surface area contributed by atoms with E-state index in [9.17, 15) is 9.59 Å². The third-order valence-electron chi connectivity index (χ3n) is 7.94. The molecule has 0 unspecified atom stereocenters. The van der Waals surface area contributed by atoms with Gasteiger partial charge in [-0.3, -0.25) is 14.2 Å². The predicted molar refractivity (Wildman–Crippen MR) is 154 cm³/mol. The second-order valence-corrected chi connectivity index (χ2v) is 11.4. The summed E-state index contributed by atoms with van der Waals surface area (Å²) in [6.45, 7) is 2.02. The van der Waals surface area contributed by atoms with E-state index in [1.807, 2.05) is 67.6 Å². The zero-order valence-electron chi connectivity index (χ0n) is 21.6. The molecule has 1 amide bonds. The van der Waals surface area contributed by atoms with Gasteiger partial charge in [0.05, 0.1) is 22.7 Å². The second-order valence-electron chi connectivity index (χ2n) is 10.4. The van der Waals surface area contributed by atoms with Crippen LogP contribution in [0.5, 0.6) is 0 Å². The number of aromatic nitrogens is 2. The van der Waals surface area contributed by atoms with Gasteiger partial charge in [0.25, 0.3) is 5.56 Å².